The summed E-state index contributed by atoms with van der Waals surface area (Å²) in [4.78, 5) is 11.1. The van der Waals surface area contributed by atoms with E-state index in [-0.39, 0.29) is 17.8 Å². The molecule has 1 aliphatic carbocycles. The molecule has 0 saturated heterocycles. The van der Waals surface area contributed by atoms with Crippen LogP contribution in [0, 0.1) is 0 Å². The van der Waals surface area contributed by atoms with Gasteiger partial charge in [-0.15, -0.1) is 0 Å². The van der Waals surface area contributed by atoms with Crippen LogP contribution in [0.2, 0.25) is 0 Å². The van der Waals surface area contributed by atoms with Crippen LogP contribution in [0.3, 0.4) is 0 Å². The Morgan fingerprint density at radius 1 is 1.71 bits per heavy atom. The molecule has 0 heterocycles. The Labute approximate surface area is 81.8 Å². The number of allylic oxidation sites excluding steroid dienone is 1. The maximum atomic E-state index is 11.1. The second-order valence-electron chi connectivity index (χ2n) is 3.18. The normalized spacial score (nSPS) is 25.4. The maximum Gasteiger partial charge on any atom is 0.335 e. The summed E-state index contributed by atoms with van der Waals surface area (Å²) in [7, 11) is 0. The van der Waals surface area contributed by atoms with Crippen LogP contribution in [0.4, 0.5) is 0 Å². The van der Waals surface area contributed by atoms with Gasteiger partial charge in [-0.1, -0.05) is 6.58 Å². The molecule has 1 aliphatic rings. The Morgan fingerprint density at radius 3 is 2.79 bits per heavy atom. The largest absolute Gasteiger partial charge is 0.508 e. The van der Waals surface area contributed by atoms with E-state index in [0.717, 1.165) is 0 Å². The van der Waals surface area contributed by atoms with E-state index in [4.69, 9.17) is 9.84 Å². The Bertz CT molecular complexity index is 327. The van der Waals surface area contributed by atoms with Crippen molar-refractivity contribution in [2.24, 2.45) is 0 Å². The molecule has 4 heteroatoms. The summed E-state index contributed by atoms with van der Waals surface area (Å²) in [6.07, 6.45) is 3.90. The van der Waals surface area contributed by atoms with Gasteiger partial charge >= 0.3 is 5.97 Å². The molecule has 0 saturated carbocycles. The second-order valence-corrected chi connectivity index (χ2v) is 3.18. The fourth-order valence-corrected chi connectivity index (χ4v) is 0.926. The monoisotopic (exact) mass is 196 g/mol. The Hall–Kier alpha value is -1.55. The molecule has 1 rings (SSSR count). The molecule has 0 spiro atoms. The van der Waals surface area contributed by atoms with Crippen LogP contribution in [0.25, 0.3) is 0 Å². The third-order valence-electron chi connectivity index (χ3n) is 1.74. The van der Waals surface area contributed by atoms with Gasteiger partial charge in [-0.2, -0.15) is 0 Å². The lowest BCUT2D eigenvalue weighted by molar-refractivity contribution is -0.185. The SMILES string of the molecule is C=C(C)C(=O)OC1(O)C=CC(O)=CC1. The number of hydrogen-bond acceptors (Lipinski definition) is 4. The standard InChI is InChI=1S/C10H12O4/c1-7(2)9(12)14-10(13)5-3-8(11)4-6-10/h3-5,11,13H,1,6H2,2H3. The molecule has 2 N–H and O–H groups in total. The topological polar surface area (TPSA) is 66.8 Å². The molecule has 0 aliphatic heterocycles. The molecule has 0 radical (unpaired) electrons. The zero-order chi connectivity index (χ0) is 10.8. The Morgan fingerprint density at radius 2 is 2.36 bits per heavy atom. The minimum absolute atomic E-state index is 0.0361. The molecule has 0 fully saturated rings. The zero-order valence-electron chi connectivity index (χ0n) is 7.86. The van der Waals surface area contributed by atoms with E-state index < -0.39 is 11.8 Å². The highest BCUT2D eigenvalue weighted by Gasteiger charge is 2.29. The molecule has 14 heavy (non-hydrogen) atoms. The minimum Gasteiger partial charge on any atom is -0.508 e. The summed E-state index contributed by atoms with van der Waals surface area (Å²) < 4.78 is 4.76. The molecule has 0 aromatic heterocycles. The van der Waals surface area contributed by atoms with Gasteiger partial charge in [-0.3, -0.25) is 0 Å². The van der Waals surface area contributed by atoms with Crippen molar-refractivity contribution in [2.75, 3.05) is 0 Å². The first-order valence-electron chi connectivity index (χ1n) is 4.12. The predicted octanol–water partition coefficient (Wildman–Crippen LogP) is 1.20. The van der Waals surface area contributed by atoms with Crippen LogP contribution < -0.4 is 0 Å². The number of hydrogen-bond donors (Lipinski definition) is 2. The van der Waals surface area contributed by atoms with Gasteiger partial charge < -0.3 is 14.9 Å². The minimum atomic E-state index is -1.66. The van der Waals surface area contributed by atoms with Crippen molar-refractivity contribution < 1.29 is 19.7 Å². The molecular weight excluding hydrogens is 184 g/mol. The van der Waals surface area contributed by atoms with Gasteiger partial charge in [0.1, 0.15) is 5.76 Å². The first-order chi connectivity index (χ1) is 6.43. The van der Waals surface area contributed by atoms with Gasteiger partial charge in [0.15, 0.2) is 0 Å². The third kappa shape index (κ3) is 2.47. The Balaban J connectivity index is 2.66. The van der Waals surface area contributed by atoms with Crippen LogP contribution in [-0.2, 0) is 9.53 Å². The van der Waals surface area contributed by atoms with Crippen molar-refractivity contribution in [3.05, 3.63) is 36.1 Å². The summed E-state index contributed by atoms with van der Waals surface area (Å²) in [5.41, 5.74) is 0.214. The van der Waals surface area contributed by atoms with Gasteiger partial charge in [0.25, 0.3) is 0 Å². The quantitative estimate of drug-likeness (QED) is 0.395. The van der Waals surface area contributed by atoms with Crippen molar-refractivity contribution >= 4 is 5.97 Å². The van der Waals surface area contributed by atoms with Crippen molar-refractivity contribution in [2.45, 2.75) is 19.1 Å². The summed E-state index contributed by atoms with van der Waals surface area (Å²) in [6, 6.07) is 0. The van der Waals surface area contributed by atoms with Gasteiger partial charge in [0, 0.05) is 12.0 Å². The van der Waals surface area contributed by atoms with E-state index in [2.05, 4.69) is 6.58 Å². The number of carbonyl (C=O) groups is 1. The van der Waals surface area contributed by atoms with Crippen molar-refractivity contribution in [3.63, 3.8) is 0 Å². The summed E-state index contributed by atoms with van der Waals surface area (Å²) >= 11 is 0. The number of esters is 1. The first kappa shape index (κ1) is 10.5. The van der Waals surface area contributed by atoms with Crippen molar-refractivity contribution in [3.8, 4) is 0 Å². The van der Waals surface area contributed by atoms with Crippen LogP contribution in [-0.4, -0.2) is 22.0 Å². The number of carbonyl (C=O) groups excluding carboxylic acids is 1. The fourth-order valence-electron chi connectivity index (χ4n) is 0.926. The van der Waals surface area contributed by atoms with Gasteiger partial charge in [0.05, 0.1) is 0 Å². The van der Waals surface area contributed by atoms with Crippen molar-refractivity contribution in [1.82, 2.24) is 0 Å². The van der Waals surface area contributed by atoms with Crippen LogP contribution >= 0.6 is 0 Å². The molecular formula is C10H12O4. The lowest BCUT2D eigenvalue weighted by Gasteiger charge is -2.25. The Kier molecular flexibility index (Phi) is 2.76. The van der Waals surface area contributed by atoms with Crippen LogP contribution in [0.1, 0.15) is 13.3 Å². The zero-order valence-corrected chi connectivity index (χ0v) is 7.86. The maximum absolute atomic E-state index is 11.1. The highest BCUT2D eigenvalue weighted by molar-refractivity contribution is 5.87. The lowest BCUT2D eigenvalue weighted by Crippen LogP contribution is -2.33. The molecule has 0 aromatic rings. The first-order valence-corrected chi connectivity index (χ1v) is 4.12. The van der Waals surface area contributed by atoms with Crippen LogP contribution in [0.15, 0.2) is 36.1 Å². The summed E-state index contributed by atoms with van der Waals surface area (Å²) in [5, 5.41) is 18.7. The van der Waals surface area contributed by atoms with Crippen LogP contribution in [0.5, 0.6) is 0 Å². The van der Waals surface area contributed by atoms with E-state index in [0.29, 0.717) is 0 Å². The smallest absolute Gasteiger partial charge is 0.335 e. The van der Waals surface area contributed by atoms with E-state index in [1.807, 2.05) is 0 Å². The summed E-state index contributed by atoms with van der Waals surface area (Å²) in [6.45, 7) is 4.88. The predicted molar refractivity (Wildman–Crippen MR) is 50.3 cm³/mol. The second kappa shape index (κ2) is 3.67. The third-order valence-corrected chi connectivity index (χ3v) is 1.74. The average Bonchev–Trinajstić information content (AvgIpc) is 2.10. The molecule has 4 nitrogen and oxygen atoms in total. The van der Waals surface area contributed by atoms with Gasteiger partial charge in [-0.25, -0.2) is 4.79 Å². The van der Waals surface area contributed by atoms with E-state index in [9.17, 15) is 9.90 Å². The molecule has 0 bridgehead atoms. The molecule has 0 aromatic carbocycles. The molecule has 1 atom stereocenters. The number of aliphatic hydroxyl groups excluding tert-OH is 1. The fraction of sp³-hybridized carbons (Fsp3) is 0.300. The average molecular weight is 196 g/mol. The van der Waals surface area contributed by atoms with Gasteiger partial charge in [-0.05, 0) is 25.2 Å². The highest BCUT2D eigenvalue weighted by atomic mass is 16.7. The number of ether oxygens (including phenoxy) is 1. The molecule has 0 amide bonds. The van der Waals surface area contributed by atoms with E-state index in [1.165, 1.54) is 25.2 Å². The summed E-state index contributed by atoms with van der Waals surface area (Å²) in [5.74, 6) is -2.28. The molecule has 1 unspecified atom stereocenters. The van der Waals surface area contributed by atoms with Crippen molar-refractivity contribution in [1.29, 1.82) is 0 Å². The van der Waals surface area contributed by atoms with E-state index >= 15 is 0 Å². The highest BCUT2D eigenvalue weighted by Crippen LogP contribution is 2.22. The number of aliphatic hydroxyl groups is 2. The van der Waals surface area contributed by atoms with Gasteiger partial charge in [0.2, 0.25) is 5.79 Å². The number of rotatable bonds is 2. The molecule has 76 valence electrons. The van der Waals surface area contributed by atoms with E-state index in [1.54, 1.807) is 0 Å². The lowest BCUT2D eigenvalue weighted by atomic mass is 10.1.